The number of nitrogens with zero attached hydrogens (tertiary/aromatic N) is 9. The summed E-state index contributed by atoms with van der Waals surface area (Å²) in [6.07, 6.45) is 12.6. The van der Waals surface area contributed by atoms with E-state index in [0.29, 0.717) is 16.7 Å². The fraction of sp³-hybridized carbons (Fsp3) is 0. The average Bonchev–Trinajstić information content (AvgIpc) is 2.56. The Kier molecular flexibility index (Phi) is 3.18. The molecule has 0 atom stereocenters. The van der Waals surface area contributed by atoms with Crippen molar-refractivity contribution < 1.29 is 0 Å². The second-order valence-electron chi connectivity index (χ2n) is 3.62. The van der Waals surface area contributed by atoms with Gasteiger partial charge in [0.2, 0.25) is 0 Å². The molecule has 0 aliphatic carbocycles. The molecule has 10 heteroatoms. The van der Waals surface area contributed by atoms with Gasteiger partial charge in [-0.2, -0.15) is 0 Å². The van der Waals surface area contributed by atoms with E-state index in [0.717, 1.165) is 0 Å². The Balaban J connectivity index is 2.27. The first kappa shape index (κ1) is 12.4. The number of rotatable bonds is 3. The highest BCUT2D eigenvalue weighted by atomic mass is 31.2. The van der Waals surface area contributed by atoms with E-state index in [1.165, 1.54) is 38.0 Å². The second kappa shape index (κ2) is 5.14. The van der Waals surface area contributed by atoms with Crippen LogP contribution in [0.5, 0.6) is 0 Å². The lowest BCUT2D eigenvalue weighted by molar-refractivity contribution is 1.06. The minimum Gasteiger partial charge on any atom is -0.225 e. The van der Waals surface area contributed by atoms with E-state index in [-0.39, 0.29) is 0 Å². The van der Waals surface area contributed by atoms with Crippen LogP contribution in [0.25, 0.3) is 0 Å². The van der Waals surface area contributed by atoms with Gasteiger partial charge in [-0.1, -0.05) is 6.30 Å². The summed E-state index contributed by atoms with van der Waals surface area (Å²) in [5.41, 5.74) is 1.35. The summed E-state index contributed by atoms with van der Waals surface area (Å²) in [6, 6.07) is 0. The van der Waals surface area contributed by atoms with E-state index in [1.807, 2.05) is 0 Å². The summed E-state index contributed by atoms with van der Waals surface area (Å²) in [6.45, 7) is -2.56. The third kappa shape index (κ3) is 2.04. The van der Waals surface area contributed by atoms with Crippen LogP contribution in [0, 0.1) is 0 Å². The van der Waals surface area contributed by atoms with E-state index < -0.39 is 6.89 Å². The highest BCUT2D eigenvalue weighted by Gasteiger charge is 2.31. The summed E-state index contributed by atoms with van der Waals surface area (Å²) in [5, 5.41) is 0. The molecule has 3 rings (SSSR count). The van der Waals surface area contributed by atoms with Crippen molar-refractivity contribution >= 4 is 29.9 Å². The van der Waals surface area contributed by atoms with Crippen molar-refractivity contribution in [1.82, 2.24) is 44.9 Å². The smallest absolute Gasteiger partial charge is 0.167 e. The maximum atomic E-state index is 4.23. The summed E-state index contributed by atoms with van der Waals surface area (Å²) >= 11 is 0. The van der Waals surface area contributed by atoms with Crippen LogP contribution < -0.4 is 16.7 Å². The van der Waals surface area contributed by atoms with Crippen LogP contribution in [0.15, 0.2) is 38.0 Å². The van der Waals surface area contributed by atoms with E-state index in [2.05, 4.69) is 51.2 Å². The molecule has 0 fully saturated rings. The molecule has 98 valence electrons. The minimum atomic E-state index is -2.56. The van der Waals surface area contributed by atoms with Crippen molar-refractivity contribution in [3.8, 4) is 0 Å². The van der Waals surface area contributed by atoms with Gasteiger partial charge in [0.15, 0.2) is 16.7 Å². The maximum Gasteiger partial charge on any atom is 0.167 e. The minimum absolute atomic E-state index is 0.449. The Morgan fingerprint density at radius 3 is 1.05 bits per heavy atom. The van der Waals surface area contributed by atoms with Gasteiger partial charge in [0.1, 0.15) is 38.0 Å². The topological polar surface area (TPSA) is 116 Å². The fourth-order valence-corrected chi connectivity index (χ4v) is 3.59. The maximum absolute atomic E-state index is 4.23. The van der Waals surface area contributed by atoms with Crippen molar-refractivity contribution in [2.24, 2.45) is 0 Å². The molecule has 0 aliphatic rings. The second-order valence-corrected chi connectivity index (χ2v) is 6.44. The van der Waals surface area contributed by atoms with Crippen molar-refractivity contribution in [2.75, 3.05) is 0 Å². The Hall–Kier alpha value is -2.67. The predicted octanol–water partition coefficient (Wildman–Crippen LogP) is -2.03. The van der Waals surface area contributed by atoms with Crippen LogP contribution in [-0.2, 0) is 0 Å². The number of aromatic nitrogens is 9. The standard InChI is InChI=1S/C10H8N9P/c1-20(8-14-2-11-3-15-8,9-16-4-12-5-17-9)10-18-6-13-7-19-10/h2-7H,1H2. The lowest BCUT2D eigenvalue weighted by Crippen LogP contribution is -2.35. The molecule has 20 heavy (non-hydrogen) atoms. The van der Waals surface area contributed by atoms with Crippen molar-refractivity contribution in [3.63, 3.8) is 0 Å². The van der Waals surface area contributed by atoms with Gasteiger partial charge in [0, 0.05) is 0 Å². The van der Waals surface area contributed by atoms with Crippen molar-refractivity contribution in [3.05, 3.63) is 38.0 Å². The Bertz CT molecular complexity index is 631. The zero-order chi connectivity index (χ0) is 13.8. The van der Waals surface area contributed by atoms with Crippen LogP contribution in [0.1, 0.15) is 0 Å². The molecule has 0 aromatic carbocycles. The zero-order valence-corrected chi connectivity index (χ0v) is 11.0. The molecule has 0 radical (unpaired) electrons. The lowest BCUT2D eigenvalue weighted by Gasteiger charge is -2.18. The number of hydrogen-bond donors (Lipinski definition) is 0. The summed E-state index contributed by atoms with van der Waals surface area (Å²) < 4.78 is 0. The van der Waals surface area contributed by atoms with Gasteiger partial charge in [0.05, 0.1) is 6.89 Å². The highest BCUT2D eigenvalue weighted by molar-refractivity contribution is 7.92. The van der Waals surface area contributed by atoms with Crippen molar-refractivity contribution in [2.45, 2.75) is 0 Å². The van der Waals surface area contributed by atoms with E-state index in [4.69, 9.17) is 0 Å². The van der Waals surface area contributed by atoms with Crippen LogP contribution >= 0.6 is 6.89 Å². The normalized spacial score (nSPS) is 11.2. The van der Waals surface area contributed by atoms with Crippen LogP contribution in [0.3, 0.4) is 0 Å². The molecule has 3 heterocycles. The summed E-state index contributed by atoms with van der Waals surface area (Å²) in [4.78, 5) is 36.4. The van der Waals surface area contributed by atoms with E-state index >= 15 is 0 Å². The van der Waals surface area contributed by atoms with Crippen molar-refractivity contribution in [1.29, 1.82) is 0 Å². The van der Waals surface area contributed by atoms with Crippen LogP contribution in [0.2, 0.25) is 0 Å². The van der Waals surface area contributed by atoms with Gasteiger partial charge >= 0.3 is 0 Å². The highest BCUT2D eigenvalue weighted by Crippen LogP contribution is 2.36. The first-order valence-electron chi connectivity index (χ1n) is 5.43. The quantitative estimate of drug-likeness (QED) is 0.502. The molecule has 0 saturated heterocycles. The Morgan fingerprint density at radius 1 is 0.550 bits per heavy atom. The summed E-state index contributed by atoms with van der Waals surface area (Å²) in [7, 11) is 0. The molecular weight excluding hydrogens is 277 g/mol. The molecule has 0 bridgehead atoms. The first-order chi connectivity index (χ1) is 9.82. The molecule has 9 nitrogen and oxygen atoms in total. The molecule has 3 aromatic rings. The first-order valence-corrected chi connectivity index (χ1v) is 7.40. The van der Waals surface area contributed by atoms with Crippen LogP contribution in [-0.4, -0.2) is 51.2 Å². The SMILES string of the molecule is C=P(c1ncncn1)(c1ncncn1)c1ncncn1. The molecule has 0 unspecified atom stereocenters. The average molecular weight is 285 g/mol. The molecule has 0 N–H and O–H groups in total. The van der Waals surface area contributed by atoms with E-state index in [1.54, 1.807) is 0 Å². The fourth-order valence-electron chi connectivity index (χ4n) is 1.56. The molecule has 0 amide bonds. The lowest BCUT2D eigenvalue weighted by atomic mass is 11.1. The molecule has 0 saturated carbocycles. The van der Waals surface area contributed by atoms with Gasteiger partial charge in [-0.25, -0.2) is 44.9 Å². The third-order valence-electron chi connectivity index (χ3n) is 2.46. The predicted molar refractivity (Wildman–Crippen MR) is 72.4 cm³/mol. The van der Waals surface area contributed by atoms with Gasteiger partial charge in [-0.05, 0) is 0 Å². The van der Waals surface area contributed by atoms with Crippen LogP contribution in [0.4, 0.5) is 0 Å². The van der Waals surface area contributed by atoms with Gasteiger partial charge in [-0.15, -0.1) is 0 Å². The number of hydrogen-bond acceptors (Lipinski definition) is 9. The molecular formula is C10H8N9P. The molecule has 3 aromatic heterocycles. The van der Waals surface area contributed by atoms with Gasteiger partial charge in [0.25, 0.3) is 0 Å². The Labute approximate surface area is 113 Å². The Morgan fingerprint density at radius 2 is 0.800 bits per heavy atom. The van der Waals surface area contributed by atoms with E-state index in [9.17, 15) is 0 Å². The van der Waals surface area contributed by atoms with Gasteiger partial charge in [-0.3, -0.25) is 0 Å². The molecule has 0 spiro atoms. The van der Waals surface area contributed by atoms with Gasteiger partial charge < -0.3 is 0 Å². The molecule has 0 aliphatic heterocycles. The largest absolute Gasteiger partial charge is 0.225 e. The summed E-state index contributed by atoms with van der Waals surface area (Å²) in [5.74, 6) is 0. The monoisotopic (exact) mass is 285 g/mol. The zero-order valence-electron chi connectivity index (χ0n) is 10.1. The third-order valence-corrected chi connectivity index (χ3v) is 5.20.